The van der Waals surface area contributed by atoms with Crippen molar-refractivity contribution in [1.29, 1.82) is 0 Å². The molecule has 1 saturated heterocycles. The number of unbranched alkanes of at least 4 members (excludes halogenated alkanes) is 1. The molecule has 1 aliphatic rings. The van der Waals surface area contributed by atoms with Gasteiger partial charge in [-0.05, 0) is 25.8 Å². The van der Waals surface area contributed by atoms with Crippen LogP contribution in [0.3, 0.4) is 0 Å². The molecule has 0 aromatic rings. The lowest BCUT2D eigenvalue weighted by Crippen LogP contribution is -2.65. The summed E-state index contributed by atoms with van der Waals surface area (Å²) in [4.78, 5) is 23.0. The Bertz CT molecular complexity index is 424. The number of hydrogen-bond acceptors (Lipinski definition) is 8. The molecular formula is C13H25N3O8. The van der Waals surface area contributed by atoms with Crippen molar-refractivity contribution in [1.82, 2.24) is 10.6 Å². The molecule has 0 bridgehead atoms. The zero-order valence-electron chi connectivity index (χ0n) is 13.0. The van der Waals surface area contributed by atoms with Crippen molar-refractivity contribution < 1.29 is 39.9 Å². The van der Waals surface area contributed by atoms with E-state index in [9.17, 15) is 24.9 Å². The predicted octanol–water partition coefficient (Wildman–Crippen LogP) is -3.33. The molecule has 0 saturated carbocycles. The summed E-state index contributed by atoms with van der Waals surface area (Å²) in [7, 11) is 0. The van der Waals surface area contributed by atoms with E-state index in [0.29, 0.717) is 19.4 Å². The highest BCUT2D eigenvalue weighted by Crippen LogP contribution is 2.20. The Morgan fingerprint density at radius 2 is 1.83 bits per heavy atom. The van der Waals surface area contributed by atoms with Gasteiger partial charge in [0.1, 0.15) is 30.4 Å². The summed E-state index contributed by atoms with van der Waals surface area (Å²) in [6, 6.07) is -2.48. The third-order valence-corrected chi connectivity index (χ3v) is 3.77. The highest BCUT2D eigenvalue weighted by molar-refractivity contribution is 5.85. The summed E-state index contributed by atoms with van der Waals surface area (Å²) in [5.74, 6) is -0.782. The van der Waals surface area contributed by atoms with Crippen LogP contribution in [0.1, 0.15) is 19.3 Å². The van der Waals surface area contributed by atoms with Crippen molar-refractivity contribution in [3.05, 3.63) is 0 Å². The van der Waals surface area contributed by atoms with Crippen LogP contribution in [0, 0.1) is 0 Å². The van der Waals surface area contributed by atoms with Gasteiger partial charge in [0.15, 0.2) is 6.29 Å². The number of aliphatic hydroxyl groups is 4. The fourth-order valence-corrected chi connectivity index (χ4v) is 2.43. The Balaban J connectivity index is 2.71. The summed E-state index contributed by atoms with van der Waals surface area (Å²) in [5.41, 5.74) is 5.35. The number of nitrogens with one attached hydrogen (secondary N) is 2. The van der Waals surface area contributed by atoms with Crippen LogP contribution in [0.4, 0.5) is 4.79 Å². The molecule has 24 heavy (non-hydrogen) atoms. The second-order valence-corrected chi connectivity index (χ2v) is 5.55. The van der Waals surface area contributed by atoms with Crippen LogP contribution in [-0.2, 0) is 9.53 Å². The quantitative estimate of drug-likeness (QED) is 0.206. The minimum absolute atomic E-state index is 0.177. The number of rotatable bonds is 8. The van der Waals surface area contributed by atoms with Gasteiger partial charge in [-0.25, -0.2) is 4.79 Å². The van der Waals surface area contributed by atoms with Crippen LogP contribution >= 0.6 is 0 Å². The van der Waals surface area contributed by atoms with Crippen LogP contribution < -0.4 is 16.4 Å². The average molecular weight is 351 g/mol. The minimum atomic E-state index is -1.67. The van der Waals surface area contributed by atoms with Gasteiger partial charge in [0.05, 0.1) is 6.61 Å². The third kappa shape index (κ3) is 5.54. The smallest absolute Gasteiger partial charge is 0.405 e. The fourth-order valence-electron chi connectivity index (χ4n) is 2.43. The lowest BCUT2D eigenvalue weighted by molar-refractivity contribution is -0.254. The van der Waals surface area contributed by atoms with E-state index in [1.54, 1.807) is 0 Å². The number of carboxylic acid groups (broad SMARTS) is 1. The maximum absolute atomic E-state index is 12.2. The number of ether oxygens (including phenoxy) is 1. The molecule has 1 fully saturated rings. The van der Waals surface area contributed by atoms with Crippen molar-refractivity contribution >= 4 is 12.0 Å². The van der Waals surface area contributed by atoms with E-state index in [0.717, 1.165) is 0 Å². The van der Waals surface area contributed by atoms with E-state index in [1.807, 2.05) is 5.32 Å². The Labute approximate surface area is 138 Å². The highest BCUT2D eigenvalue weighted by atomic mass is 16.6. The van der Waals surface area contributed by atoms with Crippen LogP contribution in [0.15, 0.2) is 0 Å². The van der Waals surface area contributed by atoms with Gasteiger partial charge in [0.2, 0.25) is 5.91 Å². The molecule has 0 aromatic heterocycles. The summed E-state index contributed by atoms with van der Waals surface area (Å²) in [5, 5.41) is 51.7. The monoisotopic (exact) mass is 351 g/mol. The second-order valence-electron chi connectivity index (χ2n) is 5.55. The summed E-state index contributed by atoms with van der Waals surface area (Å²) in [6.07, 6.45) is -6.10. The molecule has 0 aromatic carbocycles. The van der Waals surface area contributed by atoms with Crippen molar-refractivity contribution in [3.8, 4) is 0 Å². The van der Waals surface area contributed by atoms with E-state index in [1.165, 1.54) is 0 Å². The van der Waals surface area contributed by atoms with Gasteiger partial charge in [-0.2, -0.15) is 0 Å². The van der Waals surface area contributed by atoms with E-state index < -0.39 is 55.3 Å². The summed E-state index contributed by atoms with van der Waals surface area (Å²) < 4.78 is 4.92. The molecule has 2 amide bonds. The number of hydrogen-bond donors (Lipinski definition) is 8. The van der Waals surface area contributed by atoms with Crippen LogP contribution in [-0.4, -0.2) is 87.4 Å². The van der Waals surface area contributed by atoms with Gasteiger partial charge in [-0.15, -0.1) is 0 Å². The van der Waals surface area contributed by atoms with E-state index >= 15 is 0 Å². The maximum Gasteiger partial charge on any atom is 0.405 e. The number of amides is 2. The van der Waals surface area contributed by atoms with E-state index in [-0.39, 0.29) is 6.42 Å². The van der Waals surface area contributed by atoms with Gasteiger partial charge < -0.3 is 46.6 Å². The standard InChI is InChI=1S/C13H25N3O8/c14-4-2-1-3-6(15-13(22)23)11(20)16-8-10(19)9(18)7(5-17)24-12(8)21/h6-10,12,15,17-19,21H,1-5,14H2,(H,16,20)(H,22,23)/t6-,7+,8+,9+,10+,12+/m0/s1. The first-order chi connectivity index (χ1) is 11.3. The number of carbonyl (C=O) groups is 2. The fraction of sp³-hybridized carbons (Fsp3) is 0.846. The minimum Gasteiger partial charge on any atom is -0.465 e. The maximum atomic E-state index is 12.2. The molecule has 0 radical (unpaired) electrons. The van der Waals surface area contributed by atoms with Crippen molar-refractivity contribution in [2.75, 3.05) is 13.2 Å². The molecule has 0 spiro atoms. The highest BCUT2D eigenvalue weighted by Gasteiger charge is 2.44. The molecule has 0 aliphatic carbocycles. The van der Waals surface area contributed by atoms with Gasteiger partial charge in [0.25, 0.3) is 0 Å². The van der Waals surface area contributed by atoms with E-state index in [4.69, 9.17) is 20.7 Å². The van der Waals surface area contributed by atoms with Gasteiger partial charge in [-0.1, -0.05) is 0 Å². The first-order valence-electron chi connectivity index (χ1n) is 7.62. The Morgan fingerprint density at radius 1 is 1.17 bits per heavy atom. The molecule has 1 aliphatic heterocycles. The van der Waals surface area contributed by atoms with Gasteiger partial charge in [-0.3, -0.25) is 4.79 Å². The Hall–Kier alpha value is -1.50. The lowest BCUT2D eigenvalue weighted by atomic mass is 9.96. The van der Waals surface area contributed by atoms with Crippen LogP contribution in [0.25, 0.3) is 0 Å². The second kappa shape index (κ2) is 9.71. The van der Waals surface area contributed by atoms with Gasteiger partial charge >= 0.3 is 6.09 Å². The molecule has 1 heterocycles. The average Bonchev–Trinajstić information content (AvgIpc) is 2.53. The molecule has 6 atom stereocenters. The molecule has 1 rings (SSSR count). The Morgan fingerprint density at radius 3 is 2.38 bits per heavy atom. The lowest BCUT2D eigenvalue weighted by Gasteiger charge is -2.40. The summed E-state index contributed by atoms with van der Waals surface area (Å²) in [6.45, 7) is -0.234. The first kappa shape index (κ1) is 20.5. The first-order valence-corrected chi connectivity index (χ1v) is 7.62. The van der Waals surface area contributed by atoms with Crippen LogP contribution in [0.5, 0.6) is 0 Å². The van der Waals surface area contributed by atoms with Crippen molar-refractivity contribution in [2.24, 2.45) is 5.73 Å². The molecular weight excluding hydrogens is 326 g/mol. The van der Waals surface area contributed by atoms with Gasteiger partial charge in [0, 0.05) is 0 Å². The normalized spacial score (nSPS) is 31.3. The third-order valence-electron chi connectivity index (χ3n) is 3.77. The SMILES string of the molecule is NCCCC[C@H](NC(=O)O)C(=O)N[C@@H]1[C@@H](O)[C@H](O)[C@@H](CO)O[C@H]1O. The zero-order valence-corrected chi connectivity index (χ0v) is 13.0. The number of nitrogens with two attached hydrogens (primary N) is 1. The van der Waals surface area contributed by atoms with Crippen molar-refractivity contribution in [2.45, 2.75) is 55.9 Å². The largest absolute Gasteiger partial charge is 0.465 e. The van der Waals surface area contributed by atoms with E-state index in [2.05, 4.69) is 5.32 Å². The van der Waals surface area contributed by atoms with Crippen LogP contribution in [0.2, 0.25) is 0 Å². The predicted molar refractivity (Wildman–Crippen MR) is 79.8 cm³/mol. The number of aliphatic hydroxyl groups excluding tert-OH is 4. The molecule has 11 heteroatoms. The Kier molecular flexibility index (Phi) is 8.31. The molecule has 9 N–H and O–H groups in total. The molecule has 140 valence electrons. The summed E-state index contributed by atoms with van der Waals surface area (Å²) >= 11 is 0. The molecule has 0 unspecified atom stereocenters. The van der Waals surface area contributed by atoms with Crippen molar-refractivity contribution in [3.63, 3.8) is 0 Å². The number of carbonyl (C=O) groups excluding carboxylic acids is 1. The topological polar surface area (TPSA) is 195 Å². The molecule has 11 nitrogen and oxygen atoms in total. The zero-order chi connectivity index (χ0) is 18.3.